The van der Waals surface area contributed by atoms with E-state index in [0.717, 1.165) is 64.1 Å². The average Bonchev–Trinajstić information content (AvgIpc) is 2.88. The van der Waals surface area contributed by atoms with Gasteiger partial charge < -0.3 is 24.9 Å². The van der Waals surface area contributed by atoms with Gasteiger partial charge in [0.1, 0.15) is 5.82 Å². The summed E-state index contributed by atoms with van der Waals surface area (Å²) in [7, 11) is 1.81. The molecular weight excluding hydrogens is 529 g/mol. The fraction of sp³-hybridized carbons (Fsp3) is 0.458. The first-order valence-corrected chi connectivity index (χ1v) is 11.4. The molecule has 9 heteroatoms. The van der Waals surface area contributed by atoms with E-state index in [4.69, 9.17) is 0 Å². The quantitative estimate of drug-likeness (QED) is 0.342. The molecule has 3 heterocycles. The summed E-state index contributed by atoms with van der Waals surface area (Å²) in [4.78, 5) is 30.4. The maximum atomic E-state index is 12.7. The Balaban J connectivity index is 0.00000306. The first-order chi connectivity index (χ1) is 15.7. The van der Waals surface area contributed by atoms with Crippen LogP contribution in [0.1, 0.15) is 6.42 Å². The van der Waals surface area contributed by atoms with Crippen LogP contribution in [0.3, 0.4) is 0 Å². The van der Waals surface area contributed by atoms with Gasteiger partial charge in [0.05, 0.1) is 0 Å². The van der Waals surface area contributed by atoms with Gasteiger partial charge in [0.25, 0.3) is 0 Å². The minimum atomic E-state index is 0. The van der Waals surface area contributed by atoms with Crippen molar-refractivity contribution >= 4 is 47.3 Å². The summed E-state index contributed by atoms with van der Waals surface area (Å²) >= 11 is 0. The van der Waals surface area contributed by atoms with E-state index in [1.54, 1.807) is 0 Å². The lowest BCUT2D eigenvalue weighted by Gasteiger charge is -2.38. The predicted molar refractivity (Wildman–Crippen MR) is 145 cm³/mol. The van der Waals surface area contributed by atoms with Crippen LogP contribution in [0.4, 0.5) is 11.5 Å². The third kappa shape index (κ3) is 6.72. The first kappa shape index (κ1) is 25.1. The highest BCUT2D eigenvalue weighted by Gasteiger charge is 2.23. The monoisotopic (exact) mass is 563 g/mol. The van der Waals surface area contributed by atoms with Gasteiger partial charge in [-0.3, -0.25) is 9.79 Å². The highest BCUT2D eigenvalue weighted by molar-refractivity contribution is 14.0. The molecule has 2 aliphatic rings. The molecule has 1 amide bonds. The lowest BCUT2D eigenvalue weighted by Crippen LogP contribution is -2.53. The molecule has 0 atom stereocenters. The first-order valence-electron chi connectivity index (χ1n) is 11.4. The second-order valence-corrected chi connectivity index (χ2v) is 8.09. The SMILES string of the molecule is CN=C(NCCC(=O)N1CCN(c2ccccn2)CC1)N1CCN(c2ccccc2)CC1.I. The van der Waals surface area contributed by atoms with Crippen LogP contribution in [-0.4, -0.2) is 92.6 Å². The summed E-state index contributed by atoms with van der Waals surface area (Å²) in [6.07, 6.45) is 2.29. The van der Waals surface area contributed by atoms with Crippen molar-refractivity contribution in [2.75, 3.05) is 75.8 Å². The Hall–Kier alpha value is -2.56. The number of rotatable bonds is 5. The van der Waals surface area contributed by atoms with Gasteiger partial charge in [-0.15, -0.1) is 24.0 Å². The molecule has 8 nitrogen and oxygen atoms in total. The molecule has 4 rings (SSSR count). The molecule has 1 aromatic heterocycles. The number of hydrogen-bond acceptors (Lipinski definition) is 5. The summed E-state index contributed by atoms with van der Waals surface area (Å²) in [5.74, 6) is 2.06. The zero-order valence-electron chi connectivity index (χ0n) is 19.3. The fourth-order valence-corrected chi connectivity index (χ4v) is 4.31. The maximum absolute atomic E-state index is 12.7. The van der Waals surface area contributed by atoms with E-state index in [9.17, 15) is 4.79 Å². The number of amides is 1. The minimum absolute atomic E-state index is 0. The van der Waals surface area contributed by atoms with E-state index < -0.39 is 0 Å². The van der Waals surface area contributed by atoms with Crippen LogP contribution in [0.25, 0.3) is 0 Å². The number of nitrogens with zero attached hydrogens (tertiary/aromatic N) is 6. The van der Waals surface area contributed by atoms with E-state index in [2.05, 4.69) is 54.3 Å². The van der Waals surface area contributed by atoms with Crippen molar-refractivity contribution in [3.8, 4) is 0 Å². The lowest BCUT2D eigenvalue weighted by molar-refractivity contribution is -0.131. The second kappa shape index (κ2) is 12.6. The number of piperazine rings is 2. The fourth-order valence-electron chi connectivity index (χ4n) is 4.31. The summed E-state index contributed by atoms with van der Waals surface area (Å²) in [5, 5.41) is 3.39. The molecule has 33 heavy (non-hydrogen) atoms. The topological polar surface area (TPSA) is 67.3 Å². The zero-order chi connectivity index (χ0) is 22.2. The van der Waals surface area contributed by atoms with Crippen LogP contribution in [-0.2, 0) is 4.79 Å². The number of nitrogens with one attached hydrogen (secondary N) is 1. The summed E-state index contributed by atoms with van der Waals surface area (Å²) < 4.78 is 0. The van der Waals surface area contributed by atoms with E-state index >= 15 is 0 Å². The lowest BCUT2D eigenvalue weighted by atomic mass is 10.2. The molecule has 0 unspecified atom stereocenters. The molecule has 2 aliphatic heterocycles. The van der Waals surface area contributed by atoms with Crippen molar-refractivity contribution < 1.29 is 4.79 Å². The number of hydrogen-bond donors (Lipinski definition) is 1. The molecule has 0 saturated carbocycles. The number of para-hydroxylation sites is 1. The number of pyridine rings is 1. The van der Waals surface area contributed by atoms with Crippen molar-refractivity contribution in [1.29, 1.82) is 0 Å². The van der Waals surface area contributed by atoms with Crippen molar-refractivity contribution in [2.45, 2.75) is 6.42 Å². The molecule has 0 aliphatic carbocycles. The Kier molecular flexibility index (Phi) is 9.59. The van der Waals surface area contributed by atoms with Gasteiger partial charge >= 0.3 is 0 Å². The molecular formula is C24H34IN7O. The van der Waals surface area contributed by atoms with Crippen molar-refractivity contribution in [3.63, 3.8) is 0 Å². The van der Waals surface area contributed by atoms with Gasteiger partial charge in [-0.05, 0) is 24.3 Å². The summed E-state index contributed by atoms with van der Waals surface area (Å²) in [6.45, 7) is 7.49. The van der Waals surface area contributed by atoms with Crippen LogP contribution in [0.15, 0.2) is 59.7 Å². The van der Waals surface area contributed by atoms with Gasteiger partial charge in [-0.25, -0.2) is 4.98 Å². The summed E-state index contributed by atoms with van der Waals surface area (Å²) in [5.41, 5.74) is 1.27. The highest BCUT2D eigenvalue weighted by atomic mass is 127. The number of aliphatic imine (C=N–C) groups is 1. The smallest absolute Gasteiger partial charge is 0.224 e. The zero-order valence-corrected chi connectivity index (χ0v) is 21.6. The van der Waals surface area contributed by atoms with Crippen LogP contribution in [0, 0.1) is 0 Å². The number of carbonyl (C=O) groups is 1. The third-order valence-electron chi connectivity index (χ3n) is 6.14. The van der Waals surface area contributed by atoms with Crippen LogP contribution in [0.5, 0.6) is 0 Å². The van der Waals surface area contributed by atoms with E-state index in [0.29, 0.717) is 13.0 Å². The highest BCUT2D eigenvalue weighted by Crippen LogP contribution is 2.16. The van der Waals surface area contributed by atoms with Crippen molar-refractivity contribution in [2.24, 2.45) is 4.99 Å². The molecule has 2 saturated heterocycles. The van der Waals surface area contributed by atoms with Crippen LogP contribution < -0.4 is 15.1 Å². The molecule has 178 valence electrons. The normalized spacial score (nSPS) is 16.9. The molecule has 2 aromatic rings. The minimum Gasteiger partial charge on any atom is -0.368 e. The number of guanidine groups is 1. The average molecular weight is 563 g/mol. The van der Waals surface area contributed by atoms with Gasteiger partial charge in [-0.2, -0.15) is 0 Å². The molecule has 0 bridgehead atoms. The molecule has 0 radical (unpaired) electrons. The molecule has 2 fully saturated rings. The standard InChI is InChI=1S/C24H33N7O.HI/c1-25-24(31-19-13-28(14-20-31)21-7-3-2-4-8-21)27-12-10-23(32)30-17-15-29(16-18-30)22-9-5-6-11-26-22;/h2-9,11H,10,12-20H2,1H3,(H,25,27);1H. The van der Waals surface area contributed by atoms with Crippen LogP contribution >= 0.6 is 24.0 Å². The largest absolute Gasteiger partial charge is 0.368 e. The molecule has 1 aromatic carbocycles. The second-order valence-electron chi connectivity index (χ2n) is 8.09. The molecule has 0 spiro atoms. The number of halogens is 1. The number of carbonyl (C=O) groups excluding carboxylic acids is 1. The van der Waals surface area contributed by atoms with E-state index in [-0.39, 0.29) is 29.9 Å². The van der Waals surface area contributed by atoms with E-state index in [1.165, 1.54) is 5.69 Å². The molecule has 1 N–H and O–H groups in total. The Morgan fingerprint density at radius 1 is 0.879 bits per heavy atom. The third-order valence-corrected chi connectivity index (χ3v) is 6.14. The number of benzene rings is 1. The van der Waals surface area contributed by atoms with Gasteiger partial charge in [-0.1, -0.05) is 24.3 Å². The van der Waals surface area contributed by atoms with Crippen LogP contribution in [0.2, 0.25) is 0 Å². The van der Waals surface area contributed by atoms with E-state index in [1.807, 2.05) is 42.4 Å². The maximum Gasteiger partial charge on any atom is 0.224 e. The van der Waals surface area contributed by atoms with Crippen molar-refractivity contribution in [1.82, 2.24) is 20.1 Å². The van der Waals surface area contributed by atoms with Gasteiger partial charge in [0, 0.05) is 84.3 Å². The van der Waals surface area contributed by atoms with Gasteiger partial charge in [0.15, 0.2) is 5.96 Å². The summed E-state index contributed by atoms with van der Waals surface area (Å²) in [6, 6.07) is 16.5. The van der Waals surface area contributed by atoms with Gasteiger partial charge in [0.2, 0.25) is 5.91 Å². The van der Waals surface area contributed by atoms with Crippen molar-refractivity contribution in [3.05, 3.63) is 54.7 Å². The Bertz CT molecular complexity index is 880. The number of anilines is 2. The Morgan fingerprint density at radius 2 is 1.52 bits per heavy atom. The predicted octanol–water partition coefficient (Wildman–Crippen LogP) is 2.14. The number of aromatic nitrogens is 1. The Labute approximate surface area is 213 Å². The Morgan fingerprint density at radius 3 is 2.15 bits per heavy atom.